The van der Waals surface area contributed by atoms with E-state index in [0.29, 0.717) is 42.7 Å². The van der Waals surface area contributed by atoms with Gasteiger partial charge in [0.1, 0.15) is 17.4 Å². The van der Waals surface area contributed by atoms with Crippen LogP contribution in [-0.4, -0.2) is 61.8 Å². The number of benzene rings is 1. The fourth-order valence-corrected chi connectivity index (χ4v) is 4.94. The molecule has 3 N–H and O–H groups in total. The van der Waals surface area contributed by atoms with Crippen molar-refractivity contribution in [3.05, 3.63) is 41.1 Å². The lowest BCUT2D eigenvalue weighted by Gasteiger charge is -2.24. The molecule has 1 amide bonds. The second-order valence-corrected chi connectivity index (χ2v) is 9.27. The Hall–Kier alpha value is -3.66. The van der Waals surface area contributed by atoms with E-state index in [4.69, 9.17) is 15.2 Å². The largest absolute Gasteiger partial charge is 0.487 e. The van der Waals surface area contributed by atoms with E-state index in [0.717, 1.165) is 30.4 Å². The summed E-state index contributed by atoms with van der Waals surface area (Å²) in [5.41, 5.74) is 8.59. The molecule has 0 unspecified atom stereocenters. The van der Waals surface area contributed by atoms with E-state index < -0.39 is 5.97 Å². The van der Waals surface area contributed by atoms with E-state index >= 15 is 0 Å². The lowest BCUT2D eigenvalue weighted by molar-refractivity contribution is 0.0685. The number of nitrogens with two attached hydrogens (primary N) is 1. The minimum atomic E-state index is -1.19. The van der Waals surface area contributed by atoms with Crippen molar-refractivity contribution in [2.45, 2.75) is 44.9 Å². The predicted molar refractivity (Wildman–Crippen MR) is 122 cm³/mol. The van der Waals surface area contributed by atoms with Gasteiger partial charge in [-0.3, -0.25) is 4.79 Å². The van der Waals surface area contributed by atoms with Crippen molar-refractivity contribution < 1.29 is 24.2 Å². The summed E-state index contributed by atoms with van der Waals surface area (Å²) in [5, 5.41) is 13.6. The number of carbonyl (C=O) groups excluding carboxylic acids is 1. The molecule has 2 fully saturated rings. The molecule has 3 aromatic rings. The monoisotopic (exact) mass is 463 g/mol. The zero-order chi connectivity index (χ0) is 23.6. The van der Waals surface area contributed by atoms with E-state index in [1.165, 1.54) is 4.52 Å². The fourth-order valence-electron chi connectivity index (χ4n) is 4.94. The summed E-state index contributed by atoms with van der Waals surface area (Å²) in [5.74, 6) is -0.212. The van der Waals surface area contributed by atoms with E-state index in [-0.39, 0.29) is 35.1 Å². The number of carbonyl (C=O) groups is 2. The summed E-state index contributed by atoms with van der Waals surface area (Å²) in [7, 11) is 0. The molecule has 2 aromatic heterocycles. The van der Waals surface area contributed by atoms with Gasteiger partial charge >= 0.3 is 5.97 Å². The zero-order valence-electron chi connectivity index (χ0n) is 18.7. The van der Waals surface area contributed by atoms with Crippen LogP contribution in [0.5, 0.6) is 5.75 Å². The Bertz CT molecular complexity index is 1330. The van der Waals surface area contributed by atoms with Gasteiger partial charge in [-0.2, -0.15) is 0 Å². The Kier molecular flexibility index (Phi) is 4.73. The molecule has 10 nitrogen and oxygen atoms in total. The molecule has 2 atom stereocenters. The lowest BCUT2D eigenvalue weighted by Crippen LogP contribution is -2.34. The minimum absolute atomic E-state index is 0.00463. The molecule has 1 saturated heterocycles. The highest BCUT2D eigenvalue weighted by atomic mass is 16.5. The van der Waals surface area contributed by atoms with Crippen LogP contribution in [-0.2, 0) is 11.3 Å². The number of carboxylic acid groups (broad SMARTS) is 1. The standard InChI is InChI=1S/C24H25N5O5/c1-12(13-2-3-13)28-10-15-8-14(9-18(19(15)23(28)30)34-16-5-7-33-11-16)17-4-6-29-22(26-17)20(24(31)32)21(25)27-29/h4,6,8-9,12-13,16H,2-3,5,7,10-11H2,1H3,(H2,25,27)(H,31,32)/t12-,16+/m0/s1. The number of amides is 1. The Balaban J connectivity index is 1.45. The smallest absolute Gasteiger partial charge is 0.343 e. The van der Waals surface area contributed by atoms with Crippen molar-refractivity contribution in [3.63, 3.8) is 0 Å². The molecule has 4 heterocycles. The molecule has 3 aliphatic rings. The Morgan fingerprint density at radius 2 is 2.15 bits per heavy atom. The number of carboxylic acids is 1. The number of aromatic carboxylic acids is 1. The first-order chi connectivity index (χ1) is 16.4. The van der Waals surface area contributed by atoms with Crippen LogP contribution in [0.25, 0.3) is 16.9 Å². The topological polar surface area (TPSA) is 132 Å². The van der Waals surface area contributed by atoms with E-state index in [2.05, 4.69) is 17.0 Å². The first-order valence-electron chi connectivity index (χ1n) is 11.5. The van der Waals surface area contributed by atoms with Gasteiger partial charge in [0.15, 0.2) is 11.5 Å². The molecular weight excluding hydrogens is 438 g/mol. The maximum absolute atomic E-state index is 13.4. The van der Waals surface area contributed by atoms with Gasteiger partial charge in [-0.15, -0.1) is 5.10 Å². The average Bonchev–Trinajstić information content (AvgIpc) is 3.28. The number of rotatable bonds is 6. The van der Waals surface area contributed by atoms with E-state index in [1.807, 2.05) is 17.0 Å². The zero-order valence-corrected chi connectivity index (χ0v) is 18.7. The quantitative estimate of drug-likeness (QED) is 0.570. The highest BCUT2D eigenvalue weighted by molar-refractivity contribution is 6.02. The second kappa shape index (κ2) is 7.69. The molecule has 0 spiro atoms. The number of nitrogens with zero attached hydrogens (tertiary/aromatic N) is 4. The summed E-state index contributed by atoms with van der Waals surface area (Å²) in [6.07, 6.45) is 4.58. The van der Waals surface area contributed by atoms with Crippen molar-refractivity contribution in [3.8, 4) is 17.0 Å². The number of aromatic nitrogens is 3. The number of hydrogen-bond donors (Lipinski definition) is 2. The highest BCUT2D eigenvalue weighted by Crippen LogP contribution is 2.42. The van der Waals surface area contributed by atoms with Crippen LogP contribution in [0.1, 0.15) is 52.5 Å². The number of ether oxygens (including phenoxy) is 2. The Morgan fingerprint density at radius 3 is 2.85 bits per heavy atom. The second-order valence-electron chi connectivity index (χ2n) is 9.27. The molecule has 6 rings (SSSR count). The maximum atomic E-state index is 13.4. The van der Waals surface area contributed by atoms with Gasteiger partial charge in [-0.05, 0) is 49.4 Å². The predicted octanol–water partition coefficient (Wildman–Crippen LogP) is 2.60. The third kappa shape index (κ3) is 3.37. The molecule has 2 aliphatic heterocycles. The third-order valence-corrected chi connectivity index (χ3v) is 7.00. The number of anilines is 1. The average molecular weight is 463 g/mol. The summed E-state index contributed by atoms with van der Waals surface area (Å²) < 4.78 is 13.1. The lowest BCUT2D eigenvalue weighted by atomic mass is 10.0. The van der Waals surface area contributed by atoms with Gasteiger partial charge in [0.05, 0.1) is 24.5 Å². The summed E-state index contributed by atoms with van der Waals surface area (Å²) in [4.78, 5) is 31.6. The van der Waals surface area contributed by atoms with Crippen molar-refractivity contribution in [2.24, 2.45) is 5.92 Å². The molecule has 0 bridgehead atoms. The van der Waals surface area contributed by atoms with Gasteiger partial charge in [-0.1, -0.05) is 0 Å². The summed E-state index contributed by atoms with van der Waals surface area (Å²) in [6, 6.07) is 5.69. The van der Waals surface area contributed by atoms with E-state index in [9.17, 15) is 14.7 Å². The first-order valence-corrected chi connectivity index (χ1v) is 11.5. The van der Waals surface area contributed by atoms with Crippen molar-refractivity contribution in [1.82, 2.24) is 19.5 Å². The SMILES string of the molecule is C[C@@H](C1CC1)N1Cc2cc(-c3ccn4nc(N)c(C(=O)O)c4n3)cc(O[C@@H]3CCOC3)c2C1=O. The molecule has 176 valence electrons. The molecular formula is C24H25N5O5. The number of hydrogen-bond acceptors (Lipinski definition) is 7. The van der Waals surface area contributed by atoms with Crippen molar-refractivity contribution in [2.75, 3.05) is 18.9 Å². The number of nitrogen functional groups attached to an aromatic ring is 1. The van der Waals surface area contributed by atoms with Gasteiger partial charge in [0.25, 0.3) is 5.91 Å². The van der Waals surface area contributed by atoms with Crippen LogP contribution in [0.3, 0.4) is 0 Å². The Labute approximate surface area is 195 Å². The minimum Gasteiger partial charge on any atom is -0.487 e. The molecule has 1 saturated carbocycles. The molecule has 1 aromatic carbocycles. The van der Waals surface area contributed by atoms with Gasteiger partial charge in [0, 0.05) is 30.8 Å². The summed E-state index contributed by atoms with van der Waals surface area (Å²) >= 11 is 0. The Morgan fingerprint density at radius 1 is 1.32 bits per heavy atom. The highest BCUT2D eigenvalue weighted by Gasteiger charge is 2.40. The van der Waals surface area contributed by atoms with Gasteiger partial charge in [-0.25, -0.2) is 14.3 Å². The summed E-state index contributed by atoms with van der Waals surface area (Å²) in [6.45, 7) is 3.74. The van der Waals surface area contributed by atoms with Crippen LogP contribution in [0.4, 0.5) is 5.82 Å². The van der Waals surface area contributed by atoms with Crippen LogP contribution in [0, 0.1) is 5.92 Å². The van der Waals surface area contributed by atoms with E-state index in [1.54, 1.807) is 12.3 Å². The third-order valence-electron chi connectivity index (χ3n) is 7.00. The molecule has 0 radical (unpaired) electrons. The fraction of sp³-hybridized carbons (Fsp3) is 0.417. The number of fused-ring (bicyclic) bond motifs is 2. The van der Waals surface area contributed by atoms with Gasteiger partial charge in [0.2, 0.25) is 0 Å². The van der Waals surface area contributed by atoms with Gasteiger partial charge < -0.3 is 25.2 Å². The first kappa shape index (κ1) is 20.9. The van der Waals surface area contributed by atoms with Crippen molar-refractivity contribution >= 4 is 23.3 Å². The van der Waals surface area contributed by atoms with Crippen LogP contribution < -0.4 is 10.5 Å². The van der Waals surface area contributed by atoms with Crippen LogP contribution in [0.15, 0.2) is 24.4 Å². The normalized spacial score (nSPS) is 20.7. The van der Waals surface area contributed by atoms with Crippen LogP contribution >= 0.6 is 0 Å². The molecule has 34 heavy (non-hydrogen) atoms. The van der Waals surface area contributed by atoms with Crippen molar-refractivity contribution in [1.29, 1.82) is 0 Å². The molecule has 1 aliphatic carbocycles. The molecule has 10 heteroatoms. The van der Waals surface area contributed by atoms with Crippen LogP contribution in [0.2, 0.25) is 0 Å². The maximum Gasteiger partial charge on any atom is 0.343 e.